The van der Waals surface area contributed by atoms with Crippen LogP contribution in [0.2, 0.25) is 0 Å². The molecule has 0 radical (unpaired) electrons. The van der Waals surface area contributed by atoms with Crippen LogP contribution in [-0.2, 0) is 0 Å². The fraction of sp³-hybridized carbons (Fsp3) is 0.189. The van der Waals surface area contributed by atoms with E-state index < -0.39 is 11.6 Å². The number of benzene rings is 4. The second-order valence-electron chi connectivity index (χ2n) is 11.8. The molecular formula is C37H32O10. The molecule has 4 aromatic carbocycles. The molecule has 0 atom stereocenters. The van der Waals surface area contributed by atoms with E-state index in [0.717, 1.165) is 18.6 Å². The van der Waals surface area contributed by atoms with E-state index in [2.05, 4.69) is 13.8 Å². The average molecular weight is 637 g/mol. The van der Waals surface area contributed by atoms with E-state index in [-0.39, 0.29) is 63.1 Å². The first-order chi connectivity index (χ1) is 22.5. The zero-order valence-corrected chi connectivity index (χ0v) is 25.6. The second kappa shape index (κ2) is 12.8. The van der Waals surface area contributed by atoms with Crippen LogP contribution in [0.15, 0.2) is 84.3 Å². The third kappa shape index (κ3) is 6.86. The summed E-state index contributed by atoms with van der Waals surface area (Å²) < 4.78 is 23.3. The minimum absolute atomic E-state index is 0.0200. The average Bonchev–Trinajstić information content (AvgIpc) is 3.50. The molecule has 0 fully saturated rings. The van der Waals surface area contributed by atoms with Crippen LogP contribution in [0.5, 0.6) is 46.0 Å². The van der Waals surface area contributed by atoms with Crippen LogP contribution >= 0.6 is 0 Å². The molecule has 10 nitrogen and oxygen atoms in total. The summed E-state index contributed by atoms with van der Waals surface area (Å²) in [5.74, 6) is 0.112. The molecule has 4 aromatic rings. The van der Waals surface area contributed by atoms with Gasteiger partial charge >= 0.3 is 0 Å². The molecule has 0 spiro atoms. The van der Waals surface area contributed by atoms with Crippen LogP contribution in [0.25, 0.3) is 12.2 Å². The number of carbonyl (C=O) groups is 2. The van der Waals surface area contributed by atoms with Crippen LogP contribution in [0.4, 0.5) is 0 Å². The molecule has 47 heavy (non-hydrogen) atoms. The fourth-order valence-electron chi connectivity index (χ4n) is 5.46. The summed E-state index contributed by atoms with van der Waals surface area (Å²) in [6.07, 6.45) is 4.00. The van der Waals surface area contributed by atoms with E-state index in [0.29, 0.717) is 41.8 Å². The predicted molar refractivity (Wildman–Crippen MR) is 172 cm³/mol. The van der Waals surface area contributed by atoms with Gasteiger partial charge in [-0.05, 0) is 59.9 Å². The predicted octanol–water partition coefficient (Wildman–Crippen LogP) is 6.86. The number of allylic oxidation sites excluding steroid dienone is 2. The van der Waals surface area contributed by atoms with E-state index in [1.54, 1.807) is 60.7 Å². The largest absolute Gasteiger partial charge is 0.508 e. The van der Waals surface area contributed by atoms with Crippen LogP contribution in [0.1, 0.15) is 52.1 Å². The van der Waals surface area contributed by atoms with Gasteiger partial charge in [0.15, 0.2) is 11.5 Å². The van der Waals surface area contributed by atoms with Crippen molar-refractivity contribution in [3.8, 4) is 46.0 Å². The first kappa shape index (κ1) is 31.1. The molecule has 2 aliphatic rings. The maximum absolute atomic E-state index is 12.7. The fourth-order valence-corrected chi connectivity index (χ4v) is 5.46. The number of ether oxygens (including phenoxy) is 4. The van der Waals surface area contributed by atoms with Gasteiger partial charge in [-0.15, -0.1) is 0 Å². The summed E-state index contributed by atoms with van der Waals surface area (Å²) in [7, 11) is 0. The Labute approximate surface area is 270 Å². The van der Waals surface area contributed by atoms with Crippen molar-refractivity contribution in [2.24, 2.45) is 11.8 Å². The highest BCUT2D eigenvalue weighted by atomic mass is 16.5. The summed E-state index contributed by atoms with van der Waals surface area (Å²) in [6, 6.07) is 19.1. The Kier molecular flexibility index (Phi) is 8.50. The Morgan fingerprint density at radius 3 is 1.43 bits per heavy atom. The molecule has 240 valence electrons. The molecular weight excluding hydrogens is 604 g/mol. The number of hydrogen-bond acceptors (Lipinski definition) is 10. The first-order valence-electron chi connectivity index (χ1n) is 15.0. The molecule has 0 aromatic heterocycles. The van der Waals surface area contributed by atoms with Crippen molar-refractivity contribution in [2.75, 3.05) is 13.2 Å². The number of phenolic OH excluding ortho intramolecular Hbond substituents is 4. The molecule has 2 aliphatic heterocycles. The van der Waals surface area contributed by atoms with Crippen molar-refractivity contribution in [3.63, 3.8) is 0 Å². The van der Waals surface area contributed by atoms with Crippen molar-refractivity contribution in [2.45, 2.75) is 20.3 Å². The summed E-state index contributed by atoms with van der Waals surface area (Å²) in [6.45, 7) is 5.11. The Morgan fingerprint density at radius 2 is 1.04 bits per heavy atom. The highest BCUT2D eigenvalue weighted by Gasteiger charge is 2.32. The van der Waals surface area contributed by atoms with Gasteiger partial charge in [0, 0.05) is 30.2 Å². The number of Topliss-reactive ketones (excluding diaryl/α,β-unsaturated/α-hetero) is 2. The molecule has 0 aliphatic carbocycles. The van der Waals surface area contributed by atoms with Gasteiger partial charge in [0.1, 0.15) is 57.1 Å². The summed E-state index contributed by atoms with van der Waals surface area (Å²) >= 11 is 0. The number of aromatic hydroxyl groups is 4. The van der Waals surface area contributed by atoms with Gasteiger partial charge < -0.3 is 39.4 Å². The molecule has 0 bridgehead atoms. The SMILES string of the molecule is CC(C)CC(COc1ccc(/C=C2\Oc3cc(O)cc(O)c3C2=O)cc1)COc1ccc(/C=C2\Oc3cc(O)cc(O)c3C2=O)cc1. The minimum Gasteiger partial charge on any atom is -0.508 e. The molecule has 0 amide bonds. The standard InChI is InChI=1S/C37H32O10/c1-20(2)11-23(18-44-26-7-3-21(4-8-26)12-32-36(42)34-28(40)14-24(38)16-30(34)46-32)19-45-27-9-5-22(6-10-27)13-33-37(43)35-29(41)15-25(39)17-31(35)47-33/h3-10,12-17,20,23,38-41H,11,18-19H2,1-2H3/b32-12-,33-13-. The normalized spacial score (nSPS) is 15.2. The Hall–Kier alpha value is -5.90. The monoisotopic (exact) mass is 636 g/mol. The topological polar surface area (TPSA) is 152 Å². The van der Waals surface area contributed by atoms with E-state index in [1.807, 2.05) is 0 Å². The summed E-state index contributed by atoms with van der Waals surface area (Å²) in [4.78, 5) is 25.4. The Bertz CT molecular complexity index is 1770. The zero-order chi connectivity index (χ0) is 33.2. The van der Waals surface area contributed by atoms with E-state index in [4.69, 9.17) is 18.9 Å². The molecule has 2 heterocycles. The van der Waals surface area contributed by atoms with Crippen molar-refractivity contribution in [1.82, 2.24) is 0 Å². The summed E-state index contributed by atoms with van der Waals surface area (Å²) in [5, 5.41) is 39.4. The van der Waals surface area contributed by atoms with Gasteiger partial charge in [0.05, 0.1) is 13.2 Å². The first-order valence-corrected chi connectivity index (χ1v) is 15.0. The third-order valence-electron chi connectivity index (χ3n) is 7.61. The van der Waals surface area contributed by atoms with Gasteiger partial charge in [-0.1, -0.05) is 38.1 Å². The highest BCUT2D eigenvalue weighted by Crippen LogP contribution is 2.42. The highest BCUT2D eigenvalue weighted by molar-refractivity contribution is 6.17. The van der Waals surface area contributed by atoms with E-state index in [9.17, 15) is 30.0 Å². The maximum atomic E-state index is 12.7. The van der Waals surface area contributed by atoms with Gasteiger partial charge in [-0.3, -0.25) is 9.59 Å². The number of fused-ring (bicyclic) bond motifs is 2. The van der Waals surface area contributed by atoms with Gasteiger partial charge in [-0.2, -0.15) is 0 Å². The smallest absolute Gasteiger partial charge is 0.235 e. The molecule has 6 rings (SSSR count). The van der Waals surface area contributed by atoms with Crippen molar-refractivity contribution >= 4 is 23.7 Å². The van der Waals surface area contributed by atoms with Gasteiger partial charge in [-0.25, -0.2) is 0 Å². The van der Waals surface area contributed by atoms with E-state index in [1.165, 1.54) is 12.1 Å². The van der Waals surface area contributed by atoms with Gasteiger partial charge in [0.25, 0.3) is 0 Å². The lowest BCUT2D eigenvalue weighted by Crippen LogP contribution is -2.21. The number of phenols is 4. The Morgan fingerprint density at radius 1 is 0.638 bits per heavy atom. The van der Waals surface area contributed by atoms with Crippen molar-refractivity contribution in [3.05, 3.63) is 107 Å². The lowest BCUT2D eigenvalue weighted by atomic mass is 9.98. The lowest BCUT2D eigenvalue weighted by Gasteiger charge is -2.20. The molecule has 0 saturated carbocycles. The molecule has 10 heteroatoms. The van der Waals surface area contributed by atoms with Crippen molar-refractivity contribution < 1.29 is 49.0 Å². The quantitative estimate of drug-likeness (QED) is 0.136. The van der Waals surface area contributed by atoms with Crippen LogP contribution in [-0.4, -0.2) is 45.2 Å². The zero-order valence-electron chi connectivity index (χ0n) is 25.6. The Balaban J connectivity index is 1.04. The molecule has 0 saturated heterocycles. The maximum Gasteiger partial charge on any atom is 0.235 e. The van der Waals surface area contributed by atoms with Crippen LogP contribution < -0.4 is 18.9 Å². The van der Waals surface area contributed by atoms with Crippen LogP contribution in [0, 0.1) is 11.8 Å². The van der Waals surface area contributed by atoms with E-state index >= 15 is 0 Å². The lowest BCUT2D eigenvalue weighted by molar-refractivity contribution is 0.100. The second-order valence-corrected chi connectivity index (χ2v) is 11.8. The molecule has 0 unspecified atom stereocenters. The number of ketones is 2. The number of rotatable bonds is 10. The molecule has 4 N–H and O–H groups in total. The van der Waals surface area contributed by atoms with Gasteiger partial charge in [0.2, 0.25) is 11.6 Å². The number of hydrogen-bond donors (Lipinski definition) is 4. The minimum atomic E-state index is -0.465. The van der Waals surface area contributed by atoms with Crippen LogP contribution in [0.3, 0.4) is 0 Å². The number of carbonyl (C=O) groups excluding carboxylic acids is 2. The summed E-state index contributed by atoms with van der Waals surface area (Å²) in [5.41, 5.74) is 1.44. The van der Waals surface area contributed by atoms with Crippen molar-refractivity contribution in [1.29, 1.82) is 0 Å². The third-order valence-corrected chi connectivity index (χ3v) is 7.61.